The molecule has 38 heavy (non-hydrogen) atoms. The van der Waals surface area contributed by atoms with Crippen molar-refractivity contribution < 1.29 is 0 Å². The zero-order chi connectivity index (χ0) is 25.7. The molecule has 1 aromatic carbocycles. The fourth-order valence-electron chi connectivity index (χ4n) is 6.88. The molecule has 3 fully saturated rings. The number of hydrogen-bond acceptors (Lipinski definition) is 8. The van der Waals surface area contributed by atoms with Gasteiger partial charge in [-0.05, 0) is 61.6 Å². The second-order valence-electron chi connectivity index (χ2n) is 11.7. The highest BCUT2D eigenvalue weighted by Gasteiger charge is 2.50. The van der Waals surface area contributed by atoms with Gasteiger partial charge in [0, 0.05) is 82.7 Å². The Bertz CT molecular complexity index is 1250. The molecule has 200 valence electrons. The lowest BCUT2D eigenvalue weighted by molar-refractivity contribution is 0.190. The maximum absolute atomic E-state index is 6.20. The van der Waals surface area contributed by atoms with Crippen molar-refractivity contribution in [2.75, 3.05) is 86.4 Å². The van der Waals surface area contributed by atoms with E-state index < -0.39 is 0 Å². The van der Waals surface area contributed by atoms with Crippen LogP contribution in [0.1, 0.15) is 30.4 Å². The second-order valence-corrected chi connectivity index (χ2v) is 11.7. The van der Waals surface area contributed by atoms with Gasteiger partial charge in [0.2, 0.25) is 5.95 Å². The van der Waals surface area contributed by atoms with Gasteiger partial charge in [0.15, 0.2) is 0 Å². The number of hydrogen-bond donors (Lipinski definition) is 1. The van der Waals surface area contributed by atoms with Crippen LogP contribution in [0, 0.1) is 0 Å². The fourth-order valence-corrected chi connectivity index (χ4v) is 6.88. The van der Waals surface area contributed by atoms with E-state index in [2.05, 4.69) is 84.0 Å². The first-order chi connectivity index (χ1) is 18.6. The highest BCUT2D eigenvalue weighted by Crippen LogP contribution is 2.50. The maximum Gasteiger partial charge on any atom is 0.223 e. The standard InChI is InChI=1S/C30H40N8/c1-34-12-14-36(15-13-34)27-21-28(33-29(31)32-27)37-11-8-23-6-7-26(20-24(23)22-37)35-16-18-38(19-17-35)30(9-10-30)25-4-2-3-5-25/h2-4,6-7,20-21H,5,8-19,22H2,1H3,(H2,31,32,33). The van der Waals surface area contributed by atoms with E-state index in [-0.39, 0.29) is 0 Å². The molecule has 3 aliphatic heterocycles. The quantitative estimate of drug-likeness (QED) is 0.656. The Morgan fingerprint density at radius 3 is 2.24 bits per heavy atom. The number of aromatic nitrogens is 2. The van der Waals surface area contributed by atoms with Crippen LogP contribution in [0.25, 0.3) is 0 Å². The van der Waals surface area contributed by atoms with E-state index in [0.717, 1.165) is 89.9 Å². The number of likely N-dealkylation sites (N-methyl/N-ethyl adjacent to an activating group) is 1. The van der Waals surface area contributed by atoms with Crippen LogP contribution in [0.4, 0.5) is 23.3 Å². The number of nitrogens with zero attached hydrogens (tertiary/aromatic N) is 7. The fraction of sp³-hybridized carbons (Fsp3) is 0.533. The topological polar surface area (TPSA) is 68.0 Å². The molecule has 0 unspecified atom stereocenters. The summed E-state index contributed by atoms with van der Waals surface area (Å²) >= 11 is 0. The van der Waals surface area contributed by atoms with Gasteiger partial charge < -0.3 is 25.3 Å². The average molecular weight is 513 g/mol. The van der Waals surface area contributed by atoms with E-state index in [1.807, 2.05) is 0 Å². The molecule has 4 heterocycles. The Labute approximate surface area is 226 Å². The summed E-state index contributed by atoms with van der Waals surface area (Å²) in [7, 11) is 2.17. The molecular formula is C30H40N8. The Hall–Kier alpha value is -3.10. The molecule has 7 rings (SSSR count). The minimum atomic E-state index is 0.367. The Balaban J connectivity index is 1.04. The van der Waals surface area contributed by atoms with E-state index in [4.69, 9.17) is 5.73 Å². The molecule has 2 saturated heterocycles. The highest BCUT2D eigenvalue weighted by molar-refractivity contribution is 5.58. The van der Waals surface area contributed by atoms with Crippen LogP contribution in [0.15, 0.2) is 48.1 Å². The minimum Gasteiger partial charge on any atom is -0.369 e. The van der Waals surface area contributed by atoms with Crippen molar-refractivity contribution >= 4 is 23.3 Å². The van der Waals surface area contributed by atoms with Crippen molar-refractivity contribution in [2.45, 2.75) is 37.8 Å². The number of rotatable bonds is 5. The zero-order valence-corrected chi connectivity index (χ0v) is 22.6. The van der Waals surface area contributed by atoms with Crippen molar-refractivity contribution in [3.8, 4) is 0 Å². The van der Waals surface area contributed by atoms with Gasteiger partial charge in [-0.15, -0.1) is 0 Å². The van der Waals surface area contributed by atoms with E-state index in [1.54, 1.807) is 5.57 Å². The molecule has 5 aliphatic rings. The SMILES string of the molecule is CN1CCN(c2cc(N3CCc4ccc(N5CCN(C6(C7=CC=CC7)CC6)CC5)cc4C3)nc(N)n2)CC1. The Morgan fingerprint density at radius 1 is 0.789 bits per heavy atom. The molecule has 0 radical (unpaired) electrons. The summed E-state index contributed by atoms with van der Waals surface area (Å²) in [5.41, 5.74) is 12.4. The van der Waals surface area contributed by atoms with E-state index in [0.29, 0.717) is 11.5 Å². The molecular weight excluding hydrogens is 472 g/mol. The van der Waals surface area contributed by atoms with Gasteiger partial charge in [0.05, 0.1) is 0 Å². The third-order valence-corrected chi connectivity index (χ3v) is 9.41. The largest absolute Gasteiger partial charge is 0.369 e. The number of allylic oxidation sites excluding steroid dienone is 3. The lowest BCUT2D eigenvalue weighted by Gasteiger charge is -2.41. The molecule has 1 aromatic heterocycles. The van der Waals surface area contributed by atoms with Gasteiger partial charge in [-0.3, -0.25) is 4.90 Å². The van der Waals surface area contributed by atoms with Crippen molar-refractivity contribution in [3.63, 3.8) is 0 Å². The molecule has 8 nitrogen and oxygen atoms in total. The maximum atomic E-state index is 6.20. The van der Waals surface area contributed by atoms with Crippen LogP contribution in [0.2, 0.25) is 0 Å². The summed E-state index contributed by atoms with van der Waals surface area (Å²) in [6, 6.07) is 9.27. The summed E-state index contributed by atoms with van der Waals surface area (Å²) in [6.07, 6.45) is 11.8. The predicted molar refractivity (Wildman–Crippen MR) is 155 cm³/mol. The minimum absolute atomic E-state index is 0.367. The van der Waals surface area contributed by atoms with Gasteiger partial charge in [-0.1, -0.05) is 24.3 Å². The monoisotopic (exact) mass is 512 g/mol. The van der Waals surface area contributed by atoms with E-state index in [1.165, 1.54) is 29.7 Å². The number of nitrogens with two attached hydrogens (primary N) is 1. The summed E-state index contributed by atoms with van der Waals surface area (Å²) in [5.74, 6) is 2.27. The van der Waals surface area contributed by atoms with Crippen LogP contribution in [0.3, 0.4) is 0 Å². The first kappa shape index (κ1) is 24.0. The molecule has 2 aliphatic carbocycles. The normalized spacial score (nSPS) is 23.5. The number of anilines is 4. The number of fused-ring (bicyclic) bond motifs is 1. The third kappa shape index (κ3) is 4.43. The van der Waals surface area contributed by atoms with Gasteiger partial charge in [-0.25, -0.2) is 0 Å². The average Bonchev–Trinajstić information content (AvgIpc) is 3.57. The van der Waals surface area contributed by atoms with Crippen LogP contribution in [0.5, 0.6) is 0 Å². The van der Waals surface area contributed by atoms with Crippen LogP contribution >= 0.6 is 0 Å². The van der Waals surface area contributed by atoms with Crippen LogP contribution in [-0.4, -0.2) is 91.3 Å². The summed E-state index contributed by atoms with van der Waals surface area (Å²) in [5, 5.41) is 0. The first-order valence-corrected chi connectivity index (χ1v) is 14.4. The number of benzene rings is 1. The van der Waals surface area contributed by atoms with Gasteiger partial charge in [0.25, 0.3) is 0 Å². The van der Waals surface area contributed by atoms with Crippen molar-refractivity contribution in [3.05, 3.63) is 59.2 Å². The van der Waals surface area contributed by atoms with Crippen LogP contribution < -0.4 is 20.4 Å². The molecule has 0 bridgehead atoms. The first-order valence-electron chi connectivity index (χ1n) is 14.4. The van der Waals surface area contributed by atoms with Gasteiger partial charge >= 0.3 is 0 Å². The van der Waals surface area contributed by atoms with Crippen molar-refractivity contribution in [1.82, 2.24) is 19.8 Å². The second kappa shape index (κ2) is 9.58. The van der Waals surface area contributed by atoms with Crippen LogP contribution in [-0.2, 0) is 13.0 Å². The van der Waals surface area contributed by atoms with Crippen molar-refractivity contribution in [2.24, 2.45) is 0 Å². The molecule has 0 amide bonds. The van der Waals surface area contributed by atoms with E-state index in [9.17, 15) is 0 Å². The predicted octanol–water partition coefficient (Wildman–Crippen LogP) is 2.91. The molecule has 0 atom stereocenters. The molecule has 8 heteroatoms. The van der Waals surface area contributed by atoms with E-state index >= 15 is 0 Å². The van der Waals surface area contributed by atoms with Gasteiger partial charge in [-0.2, -0.15) is 9.97 Å². The number of nitrogen functional groups attached to an aromatic ring is 1. The summed E-state index contributed by atoms with van der Waals surface area (Å²) in [4.78, 5) is 21.7. The third-order valence-electron chi connectivity index (χ3n) is 9.41. The van der Waals surface area contributed by atoms with Crippen molar-refractivity contribution in [1.29, 1.82) is 0 Å². The van der Waals surface area contributed by atoms with Gasteiger partial charge in [0.1, 0.15) is 11.6 Å². The number of piperazine rings is 2. The Kier molecular flexibility index (Phi) is 6.04. The smallest absolute Gasteiger partial charge is 0.223 e. The molecule has 0 spiro atoms. The lowest BCUT2D eigenvalue weighted by atomic mass is 9.98. The lowest BCUT2D eigenvalue weighted by Crippen LogP contribution is -2.52. The highest BCUT2D eigenvalue weighted by atomic mass is 15.3. The molecule has 2 aromatic rings. The Morgan fingerprint density at radius 2 is 1.53 bits per heavy atom. The molecule has 2 N–H and O–H groups in total. The summed E-state index contributed by atoms with van der Waals surface area (Å²) < 4.78 is 0. The zero-order valence-electron chi connectivity index (χ0n) is 22.6. The molecule has 1 saturated carbocycles. The summed E-state index contributed by atoms with van der Waals surface area (Å²) in [6.45, 7) is 10.4.